The normalized spacial score (nSPS) is 10.5. The number of aromatic hydroxyl groups is 1. The molecule has 8 heteroatoms. The molecule has 2 aromatic heterocycles. The van der Waals surface area contributed by atoms with Crippen molar-refractivity contribution in [1.29, 1.82) is 0 Å². The number of benzene rings is 2. The number of aromatic nitrogens is 1. The van der Waals surface area contributed by atoms with Crippen LogP contribution in [0.4, 0.5) is 16.2 Å². The van der Waals surface area contributed by atoms with Crippen molar-refractivity contribution in [2.75, 3.05) is 17.3 Å². The van der Waals surface area contributed by atoms with Gasteiger partial charge in [0, 0.05) is 16.6 Å². The van der Waals surface area contributed by atoms with Gasteiger partial charge >= 0.3 is 6.09 Å². The smallest absolute Gasteiger partial charge is 0.414 e. The molecule has 7 nitrogen and oxygen atoms in total. The van der Waals surface area contributed by atoms with Crippen molar-refractivity contribution in [3.8, 4) is 16.2 Å². The van der Waals surface area contributed by atoms with Crippen LogP contribution in [0.3, 0.4) is 0 Å². The van der Waals surface area contributed by atoms with Crippen LogP contribution >= 0.6 is 11.3 Å². The molecular weight excluding hydrogens is 438 g/mol. The number of nitrogens with zero attached hydrogens (tertiary/aromatic N) is 2. The number of phenolic OH excluding ortho intramolecular Hbond substituents is 1. The average molecular weight is 460 g/mol. The summed E-state index contributed by atoms with van der Waals surface area (Å²) in [5.74, 6) is -0.359. The van der Waals surface area contributed by atoms with Crippen LogP contribution in [0.2, 0.25) is 0 Å². The number of carbonyl (C=O) groups is 2. The van der Waals surface area contributed by atoms with Crippen molar-refractivity contribution in [3.05, 3.63) is 95.6 Å². The first-order chi connectivity index (χ1) is 16.0. The fraction of sp³-hybridized carbons (Fsp3) is 0.0800. The lowest BCUT2D eigenvalue weighted by molar-refractivity contribution is 0.102. The molecule has 33 heavy (non-hydrogen) atoms. The van der Waals surface area contributed by atoms with Crippen LogP contribution in [-0.2, 0) is 11.3 Å². The lowest BCUT2D eigenvalue weighted by atomic mass is 10.1. The maximum absolute atomic E-state index is 12.8. The zero-order valence-electron chi connectivity index (χ0n) is 17.8. The van der Waals surface area contributed by atoms with Crippen molar-refractivity contribution >= 4 is 34.7 Å². The second kappa shape index (κ2) is 9.97. The van der Waals surface area contributed by atoms with Gasteiger partial charge in [-0.05, 0) is 65.0 Å². The number of anilines is 2. The standard InChI is InChI=1S/C25H21N3O4S/c1-32-25(31)28(20-4-2-12-26-15-20)16-17-6-8-18(9-7-17)24(30)27-21-14-19(10-11-22(21)29)23-5-3-13-33-23/h2-15,29H,16H2,1H3,(H,27,30). The Bertz CT molecular complexity index is 1240. The SMILES string of the molecule is COC(=O)N(Cc1ccc(C(=O)Nc2cc(-c3cccs3)ccc2O)cc1)c1cccnc1. The van der Waals surface area contributed by atoms with E-state index in [-0.39, 0.29) is 18.2 Å². The summed E-state index contributed by atoms with van der Waals surface area (Å²) in [6.07, 6.45) is 2.70. The third kappa shape index (κ3) is 5.19. The predicted molar refractivity (Wildman–Crippen MR) is 129 cm³/mol. The van der Waals surface area contributed by atoms with Crippen molar-refractivity contribution < 1.29 is 19.4 Å². The van der Waals surface area contributed by atoms with Gasteiger partial charge in [0.2, 0.25) is 0 Å². The minimum absolute atomic E-state index is 0.00883. The molecule has 2 N–H and O–H groups in total. The van der Waals surface area contributed by atoms with Crippen molar-refractivity contribution in [2.45, 2.75) is 6.54 Å². The second-order valence-corrected chi connectivity index (χ2v) is 8.08. The van der Waals surface area contributed by atoms with Gasteiger partial charge in [-0.3, -0.25) is 14.7 Å². The molecule has 4 aromatic rings. The minimum Gasteiger partial charge on any atom is -0.506 e. The molecule has 0 aliphatic heterocycles. The van der Waals surface area contributed by atoms with E-state index in [4.69, 9.17) is 4.74 Å². The first kappa shape index (κ1) is 22.0. The highest BCUT2D eigenvalue weighted by Gasteiger charge is 2.17. The summed E-state index contributed by atoms with van der Waals surface area (Å²) in [7, 11) is 1.32. The molecule has 0 saturated heterocycles. The van der Waals surface area contributed by atoms with Gasteiger partial charge in [0.25, 0.3) is 5.91 Å². The number of hydrogen-bond donors (Lipinski definition) is 2. The van der Waals surface area contributed by atoms with Gasteiger partial charge in [0.1, 0.15) is 5.75 Å². The molecule has 0 atom stereocenters. The second-order valence-electron chi connectivity index (χ2n) is 7.13. The Morgan fingerprint density at radius 1 is 1.09 bits per heavy atom. The Labute approximate surface area is 194 Å². The van der Waals surface area contributed by atoms with Crippen LogP contribution in [0.1, 0.15) is 15.9 Å². The largest absolute Gasteiger partial charge is 0.506 e. The van der Waals surface area contributed by atoms with Gasteiger partial charge in [-0.15, -0.1) is 11.3 Å². The number of carbonyl (C=O) groups excluding carboxylic acids is 2. The summed E-state index contributed by atoms with van der Waals surface area (Å²) in [5.41, 5.74) is 3.08. The van der Waals surface area contributed by atoms with E-state index in [9.17, 15) is 14.7 Å². The molecule has 0 aliphatic rings. The van der Waals surface area contributed by atoms with E-state index in [0.717, 1.165) is 16.0 Å². The number of nitrogens with one attached hydrogen (secondary N) is 1. The third-order valence-electron chi connectivity index (χ3n) is 4.96. The third-order valence-corrected chi connectivity index (χ3v) is 5.88. The van der Waals surface area contributed by atoms with Crippen molar-refractivity contribution in [1.82, 2.24) is 4.98 Å². The zero-order valence-corrected chi connectivity index (χ0v) is 18.6. The van der Waals surface area contributed by atoms with Crippen LogP contribution in [-0.4, -0.2) is 29.2 Å². The maximum atomic E-state index is 12.8. The Kier molecular flexibility index (Phi) is 6.66. The summed E-state index contributed by atoms with van der Waals surface area (Å²) in [5, 5.41) is 14.9. The summed E-state index contributed by atoms with van der Waals surface area (Å²) in [4.78, 5) is 31.5. The molecule has 2 heterocycles. The molecule has 4 rings (SSSR count). The predicted octanol–water partition coefficient (Wildman–Crippen LogP) is 5.54. The number of amides is 2. The Balaban J connectivity index is 1.48. The van der Waals surface area contributed by atoms with Crippen LogP contribution < -0.4 is 10.2 Å². The van der Waals surface area contributed by atoms with E-state index in [1.54, 1.807) is 78.3 Å². The topological polar surface area (TPSA) is 91.8 Å². The van der Waals surface area contributed by atoms with Crippen LogP contribution in [0.25, 0.3) is 10.4 Å². The van der Waals surface area contributed by atoms with Gasteiger partial charge in [-0.2, -0.15) is 0 Å². The van der Waals surface area contributed by atoms with Gasteiger partial charge < -0.3 is 15.2 Å². The first-order valence-corrected chi connectivity index (χ1v) is 11.0. The molecule has 0 unspecified atom stereocenters. The summed E-state index contributed by atoms with van der Waals surface area (Å²) < 4.78 is 4.89. The Morgan fingerprint density at radius 2 is 1.91 bits per heavy atom. The zero-order chi connectivity index (χ0) is 23.2. The summed E-state index contributed by atoms with van der Waals surface area (Å²) in [6.45, 7) is 0.254. The van der Waals surface area contributed by atoms with E-state index >= 15 is 0 Å². The van der Waals surface area contributed by atoms with Gasteiger partial charge in [0.05, 0.1) is 31.2 Å². The number of thiophene rings is 1. The minimum atomic E-state index is -0.508. The monoisotopic (exact) mass is 459 g/mol. The molecule has 2 aromatic carbocycles. The number of methoxy groups -OCH3 is 1. The molecule has 0 spiro atoms. The van der Waals surface area contributed by atoms with Crippen LogP contribution in [0.15, 0.2) is 84.5 Å². The summed E-state index contributed by atoms with van der Waals surface area (Å²) >= 11 is 1.58. The maximum Gasteiger partial charge on any atom is 0.414 e. The number of rotatable bonds is 6. The summed E-state index contributed by atoms with van der Waals surface area (Å²) in [6, 6.07) is 19.4. The highest BCUT2D eigenvalue weighted by atomic mass is 32.1. The highest BCUT2D eigenvalue weighted by molar-refractivity contribution is 7.13. The number of pyridine rings is 1. The number of ether oxygens (including phenoxy) is 1. The molecule has 0 bridgehead atoms. The fourth-order valence-corrected chi connectivity index (χ4v) is 3.98. The van der Waals surface area contributed by atoms with E-state index in [0.29, 0.717) is 16.9 Å². The van der Waals surface area contributed by atoms with Crippen molar-refractivity contribution in [3.63, 3.8) is 0 Å². The molecule has 0 saturated carbocycles. The fourth-order valence-electron chi connectivity index (χ4n) is 3.26. The van der Waals surface area contributed by atoms with Gasteiger partial charge in [-0.25, -0.2) is 4.79 Å². The number of phenols is 1. The molecular formula is C25H21N3O4S. The lowest BCUT2D eigenvalue weighted by Gasteiger charge is -2.21. The van der Waals surface area contributed by atoms with E-state index < -0.39 is 6.09 Å². The lowest BCUT2D eigenvalue weighted by Crippen LogP contribution is -2.30. The van der Waals surface area contributed by atoms with Crippen LogP contribution in [0.5, 0.6) is 5.75 Å². The van der Waals surface area contributed by atoms with Gasteiger partial charge in [-0.1, -0.05) is 18.2 Å². The first-order valence-electron chi connectivity index (χ1n) is 10.1. The average Bonchev–Trinajstić information content (AvgIpc) is 3.39. The molecule has 166 valence electrons. The van der Waals surface area contributed by atoms with Crippen LogP contribution in [0, 0.1) is 0 Å². The molecule has 2 amide bonds. The molecule has 0 radical (unpaired) electrons. The Morgan fingerprint density at radius 3 is 2.58 bits per heavy atom. The highest BCUT2D eigenvalue weighted by Crippen LogP contribution is 2.32. The van der Waals surface area contributed by atoms with Gasteiger partial charge in [0.15, 0.2) is 0 Å². The molecule has 0 fully saturated rings. The number of hydrogen-bond acceptors (Lipinski definition) is 6. The van der Waals surface area contributed by atoms with E-state index in [1.807, 2.05) is 17.5 Å². The quantitative estimate of drug-likeness (QED) is 0.369. The van der Waals surface area contributed by atoms with E-state index in [2.05, 4.69) is 10.3 Å². The molecule has 0 aliphatic carbocycles. The van der Waals surface area contributed by atoms with E-state index in [1.165, 1.54) is 12.0 Å². The van der Waals surface area contributed by atoms with Crippen molar-refractivity contribution in [2.24, 2.45) is 0 Å². The Hall–Kier alpha value is -4.17.